The third kappa shape index (κ3) is 7.60. The van der Waals surface area contributed by atoms with Crippen LogP contribution in [-0.4, -0.2) is 29.1 Å². The van der Waals surface area contributed by atoms with E-state index in [2.05, 4.69) is 16.0 Å². The van der Waals surface area contributed by atoms with Gasteiger partial charge in [-0.05, 0) is 42.7 Å². The average molecular weight is 369 g/mol. The molecule has 0 aliphatic heterocycles. The molecule has 2 rings (SSSR count). The summed E-state index contributed by atoms with van der Waals surface area (Å²) in [4.78, 5) is 34.2. The minimum Gasteiger partial charge on any atom is -0.481 e. The fourth-order valence-electron chi connectivity index (χ4n) is 2.61. The molecule has 0 saturated heterocycles. The summed E-state index contributed by atoms with van der Waals surface area (Å²) < 4.78 is 0. The second-order valence-electron chi connectivity index (χ2n) is 6.18. The van der Waals surface area contributed by atoms with E-state index in [1.165, 1.54) is 6.92 Å². The maximum absolute atomic E-state index is 12.3. The number of rotatable bonds is 8. The van der Waals surface area contributed by atoms with E-state index in [9.17, 15) is 14.4 Å². The highest BCUT2D eigenvalue weighted by Gasteiger charge is 2.15. The van der Waals surface area contributed by atoms with Crippen LogP contribution in [0.1, 0.15) is 25.3 Å². The zero-order chi connectivity index (χ0) is 19.6. The third-order valence-corrected chi connectivity index (χ3v) is 3.83. The number of anilines is 2. The number of amides is 3. The quantitative estimate of drug-likeness (QED) is 0.573. The van der Waals surface area contributed by atoms with E-state index in [1.54, 1.807) is 24.3 Å². The van der Waals surface area contributed by atoms with Crippen LogP contribution in [0.25, 0.3) is 0 Å². The largest absolute Gasteiger partial charge is 0.481 e. The molecule has 27 heavy (non-hydrogen) atoms. The normalized spacial score (nSPS) is 11.3. The Bertz CT molecular complexity index is 776. The number of hydrogen-bond acceptors (Lipinski definition) is 3. The summed E-state index contributed by atoms with van der Waals surface area (Å²) in [5, 5.41) is 17.1. The van der Waals surface area contributed by atoms with E-state index >= 15 is 0 Å². The highest BCUT2D eigenvalue weighted by Crippen LogP contribution is 2.14. The van der Waals surface area contributed by atoms with E-state index in [1.807, 2.05) is 30.3 Å². The Labute approximate surface area is 157 Å². The maximum atomic E-state index is 12.3. The summed E-state index contributed by atoms with van der Waals surface area (Å²) in [7, 11) is 0. The molecule has 7 heteroatoms. The standard InChI is InChI=1S/C20H23N3O4/c1-14(24)21-16-7-9-17(10-8-16)22-20(27)23-18(11-12-19(25)26)13-15-5-3-2-4-6-15/h2-10,18H,11-13H2,1H3,(H,21,24)(H,25,26)(H2,22,23,27). The molecular formula is C20H23N3O4. The second kappa shape index (κ2) is 9.96. The van der Waals surface area contributed by atoms with Gasteiger partial charge in [0, 0.05) is 30.8 Å². The van der Waals surface area contributed by atoms with Crippen LogP contribution in [0.4, 0.5) is 16.2 Å². The molecule has 2 aromatic rings. The molecule has 0 saturated carbocycles. The van der Waals surface area contributed by atoms with Crippen molar-refractivity contribution >= 4 is 29.3 Å². The van der Waals surface area contributed by atoms with E-state index in [-0.39, 0.29) is 18.4 Å². The molecule has 2 aromatic carbocycles. The number of hydrogen-bond donors (Lipinski definition) is 4. The number of carboxylic acids is 1. The summed E-state index contributed by atoms with van der Waals surface area (Å²) in [5.41, 5.74) is 2.23. The molecule has 1 unspecified atom stereocenters. The number of carbonyl (C=O) groups is 3. The lowest BCUT2D eigenvalue weighted by molar-refractivity contribution is -0.137. The Morgan fingerprint density at radius 1 is 0.926 bits per heavy atom. The highest BCUT2D eigenvalue weighted by atomic mass is 16.4. The molecule has 0 radical (unpaired) electrons. The molecule has 0 bridgehead atoms. The van der Waals surface area contributed by atoms with Gasteiger partial charge in [0.15, 0.2) is 0 Å². The SMILES string of the molecule is CC(=O)Nc1ccc(NC(=O)NC(CCC(=O)O)Cc2ccccc2)cc1. The molecular weight excluding hydrogens is 346 g/mol. The van der Waals surface area contributed by atoms with Gasteiger partial charge in [0.1, 0.15) is 0 Å². The van der Waals surface area contributed by atoms with Crippen molar-refractivity contribution in [1.29, 1.82) is 0 Å². The van der Waals surface area contributed by atoms with E-state index in [0.29, 0.717) is 24.2 Å². The summed E-state index contributed by atoms with van der Waals surface area (Å²) in [6, 6.07) is 15.6. The van der Waals surface area contributed by atoms with Gasteiger partial charge in [0.2, 0.25) is 5.91 Å². The monoisotopic (exact) mass is 369 g/mol. The predicted molar refractivity (Wildman–Crippen MR) is 104 cm³/mol. The van der Waals surface area contributed by atoms with Crippen LogP contribution in [0.2, 0.25) is 0 Å². The van der Waals surface area contributed by atoms with Gasteiger partial charge in [0.05, 0.1) is 0 Å². The van der Waals surface area contributed by atoms with Crippen molar-refractivity contribution in [2.45, 2.75) is 32.2 Å². The molecule has 0 aliphatic carbocycles. The van der Waals surface area contributed by atoms with Gasteiger partial charge in [-0.3, -0.25) is 9.59 Å². The Balaban J connectivity index is 1.95. The zero-order valence-electron chi connectivity index (χ0n) is 15.1. The lowest BCUT2D eigenvalue weighted by Crippen LogP contribution is -2.39. The molecule has 0 aromatic heterocycles. The second-order valence-corrected chi connectivity index (χ2v) is 6.18. The number of carbonyl (C=O) groups excluding carboxylic acids is 2. The van der Waals surface area contributed by atoms with Crippen LogP contribution < -0.4 is 16.0 Å². The maximum Gasteiger partial charge on any atom is 0.319 e. The van der Waals surface area contributed by atoms with Gasteiger partial charge in [-0.1, -0.05) is 30.3 Å². The predicted octanol–water partition coefficient (Wildman–Crippen LogP) is 3.24. The highest BCUT2D eigenvalue weighted by molar-refractivity contribution is 5.91. The average Bonchev–Trinajstić information content (AvgIpc) is 2.62. The van der Waals surface area contributed by atoms with Crippen LogP contribution in [0.3, 0.4) is 0 Å². The molecule has 4 N–H and O–H groups in total. The Kier molecular flexibility index (Phi) is 7.37. The number of urea groups is 1. The van der Waals surface area contributed by atoms with Gasteiger partial charge in [-0.2, -0.15) is 0 Å². The summed E-state index contributed by atoms with van der Waals surface area (Å²) in [6.07, 6.45) is 0.852. The minimum atomic E-state index is -0.899. The number of carboxylic acid groups (broad SMARTS) is 1. The fourth-order valence-corrected chi connectivity index (χ4v) is 2.61. The Morgan fingerprint density at radius 2 is 1.52 bits per heavy atom. The Hall–Kier alpha value is -3.35. The van der Waals surface area contributed by atoms with E-state index in [0.717, 1.165) is 5.56 Å². The van der Waals surface area contributed by atoms with Gasteiger partial charge in [0.25, 0.3) is 0 Å². The van der Waals surface area contributed by atoms with Crippen molar-refractivity contribution in [3.8, 4) is 0 Å². The van der Waals surface area contributed by atoms with Gasteiger partial charge in [-0.15, -0.1) is 0 Å². The molecule has 0 fully saturated rings. The van der Waals surface area contributed by atoms with Crippen molar-refractivity contribution in [1.82, 2.24) is 5.32 Å². The van der Waals surface area contributed by atoms with Crippen LogP contribution in [-0.2, 0) is 16.0 Å². The molecule has 1 atom stereocenters. The fraction of sp³-hybridized carbons (Fsp3) is 0.250. The van der Waals surface area contributed by atoms with Crippen LogP contribution in [0.15, 0.2) is 54.6 Å². The van der Waals surface area contributed by atoms with E-state index in [4.69, 9.17) is 5.11 Å². The van der Waals surface area contributed by atoms with Gasteiger partial charge in [-0.25, -0.2) is 4.79 Å². The smallest absolute Gasteiger partial charge is 0.319 e. The van der Waals surface area contributed by atoms with Crippen molar-refractivity contribution in [2.75, 3.05) is 10.6 Å². The Morgan fingerprint density at radius 3 is 2.07 bits per heavy atom. The van der Waals surface area contributed by atoms with Gasteiger partial charge >= 0.3 is 12.0 Å². The summed E-state index contributed by atoms with van der Waals surface area (Å²) in [6.45, 7) is 1.42. The van der Waals surface area contributed by atoms with E-state index < -0.39 is 12.0 Å². The first-order chi connectivity index (χ1) is 12.9. The van der Waals surface area contributed by atoms with Crippen LogP contribution in [0, 0.1) is 0 Å². The number of benzene rings is 2. The molecule has 3 amide bonds. The first-order valence-electron chi connectivity index (χ1n) is 8.63. The first kappa shape index (κ1) is 20.0. The zero-order valence-corrected chi connectivity index (χ0v) is 15.1. The van der Waals surface area contributed by atoms with Crippen molar-refractivity contribution in [2.24, 2.45) is 0 Å². The first-order valence-corrected chi connectivity index (χ1v) is 8.63. The summed E-state index contributed by atoms with van der Waals surface area (Å²) in [5.74, 6) is -1.07. The topological polar surface area (TPSA) is 108 Å². The number of aliphatic carboxylic acids is 1. The van der Waals surface area contributed by atoms with Crippen LogP contribution >= 0.6 is 0 Å². The molecule has 0 aliphatic rings. The van der Waals surface area contributed by atoms with Gasteiger partial charge < -0.3 is 21.1 Å². The third-order valence-electron chi connectivity index (χ3n) is 3.83. The molecule has 142 valence electrons. The lowest BCUT2D eigenvalue weighted by atomic mass is 10.0. The number of nitrogens with one attached hydrogen (secondary N) is 3. The van der Waals surface area contributed by atoms with Crippen LogP contribution in [0.5, 0.6) is 0 Å². The summed E-state index contributed by atoms with van der Waals surface area (Å²) >= 11 is 0. The minimum absolute atomic E-state index is 0.0246. The molecule has 7 nitrogen and oxygen atoms in total. The van der Waals surface area contributed by atoms with Crippen molar-refractivity contribution < 1.29 is 19.5 Å². The van der Waals surface area contributed by atoms with Crippen molar-refractivity contribution in [3.63, 3.8) is 0 Å². The van der Waals surface area contributed by atoms with Crippen molar-refractivity contribution in [3.05, 3.63) is 60.2 Å². The molecule has 0 heterocycles. The lowest BCUT2D eigenvalue weighted by Gasteiger charge is -2.19. The molecule has 0 spiro atoms.